The van der Waals surface area contributed by atoms with Crippen LogP contribution >= 0.6 is 0 Å². The maximum atomic E-state index is 5.42. The summed E-state index contributed by atoms with van der Waals surface area (Å²) in [6.45, 7) is 6.24. The standard InChI is InChI=1S/C16H22N2/c1-3-10-18(11-4-2)12-9-14-13-17-16-8-6-5-7-15(14)16/h1,5-8,14,17H,4,9-13H2,2H3. The number of nitrogens with zero attached hydrogens (tertiary/aromatic N) is 1. The molecule has 0 fully saturated rings. The van der Waals surface area contributed by atoms with Crippen molar-refractivity contribution in [1.29, 1.82) is 0 Å². The van der Waals surface area contributed by atoms with E-state index in [1.165, 1.54) is 24.1 Å². The molecule has 96 valence electrons. The summed E-state index contributed by atoms with van der Waals surface area (Å²) in [5.74, 6) is 3.39. The molecule has 2 nitrogen and oxygen atoms in total. The van der Waals surface area contributed by atoms with Gasteiger partial charge in [0.2, 0.25) is 0 Å². The second kappa shape index (κ2) is 6.47. The molecular formula is C16H22N2. The average molecular weight is 242 g/mol. The summed E-state index contributed by atoms with van der Waals surface area (Å²) < 4.78 is 0. The highest BCUT2D eigenvalue weighted by atomic mass is 15.1. The van der Waals surface area contributed by atoms with E-state index in [0.717, 1.165) is 26.2 Å². The van der Waals surface area contributed by atoms with Crippen molar-refractivity contribution in [3.8, 4) is 12.3 Å². The molecule has 0 saturated carbocycles. The highest BCUT2D eigenvalue weighted by Gasteiger charge is 2.21. The molecule has 1 N–H and O–H groups in total. The van der Waals surface area contributed by atoms with E-state index in [9.17, 15) is 0 Å². The Kier molecular flexibility index (Phi) is 4.66. The molecular weight excluding hydrogens is 220 g/mol. The topological polar surface area (TPSA) is 15.3 Å². The lowest BCUT2D eigenvalue weighted by atomic mass is 9.98. The molecule has 0 spiro atoms. The second-order valence-electron chi connectivity index (χ2n) is 4.93. The fraction of sp³-hybridized carbons (Fsp3) is 0.500. The Labute approximate surface area is 110 Å². The van der Waals surface area contributed by atoms with E-state index >= 15 is 0 Å². The largest absolute Gasteiger partial charge is 0.384 e. The van der Waals surface area contributed by atoms with Crippen molar-refractivity contribution >= 4 is 5.69 Å². The van der Waals surface area contributed by atoms with E-state index < -0.39 is 0 Å². The van der Waals surface area contributed by atoms with Gasteiger partial charge in [-0.25, -0.2) is 0 Å². The van der Waals surface area contributed by atoms with Crippen molar-refractivity contribution in [2.24, 2.45) is 0 Å². The Morgan fingerprint density at radius 3 is 3.00 bits per heavy atom. The first kappa shape index (κ1) is 13.0. The van der Waals surface area contributed by atoms with Gasteiger partial charge in [0.05, 0.1) is 6.54 Å². The molecule has 2 rings (SSSR count). The summed E-state index contributed by atoms with van der Waals surface area (Å²) in [7, 11) is 0. The van der Waals surface area contributed by atoms with E-state index in [1.807, 2.05) is 0 Å². The predicted molar refractivity (Wildman–Crippen MR) is 77.9 cm³/mol. The van der Waals surface area contributed by atoms with E-state index in [4.69, 9.17) is 6.42 Å². The molecule has 1 atom stereocenters. The number of fused-ring (bicyclic) bond motifs is 1. The number of benzene rings is 1. The lowest BCUT2D eigenvalue weighted by Crippen LogP contribution is -2.27. The molecule has 0 aliphatic carbocycles. The summed E-state index contributed by atoms with van der Waals surface area (Å²) in [5, 5.41) is 3.48. The molecule has 0 aromatic heterocycles. The third-order valence-corrected chi connectivity index (χ3v) is 3.59. The lowest BCUT2D eigenvalue weighted by molar-refractivity contribution is 0.296. The Morgan fingerprint density at radius 2 is 2.22 bits per heavy atom. The van der Waals surface area contributed by atoms with Gasteiger partial charge in [-0.1, -0.05) is 31.0 Å². The predicted octanol–water partition coefficient (Wildman–Crippen LogP) is 2.93. The first-order valence-electron chi connectivity index (χ1n) is 6.83. The van der Waals surface area contributed by atoms with Gasteiger partial charge < -0.3 is 5.32 Å². The maximum absolute atomic E-state index is 5.42. The van der Waals surface area contributed by atoms with Crippen molar-refractivity contribution < 1.29 is 0 Å². The van der Waals surface area contributed by atoms with Crippen LogP contribution in [-0.2, 0) is 0 Å². The third-order valence-electron chi connectivity index (χ3n) is 3.59. The minimum Gasteiger partial charge on any atom is -0.384 e. The average Bonchev–Trinajstić information content (AvgIpc) is 2.80. The van der Waals surface area contributed by atoms with Crippen LogP contribution in [0.5, 0.6) is 0 Å². The Hall–Kier alpha value is -1.46. The minimum absolute atomic E-state index is 0.637. The third kappa shape index (κ3) is 3.05. The van der Waals surface area contributed by atoms with Crippen molar-refractivity contribution in [2.75, 3.05) is 31.5 Å². The van der Waals surface area contributed by atoms with E-state index in [2.05, 4.69) is 47.3 Å². The highest BCUT2D eigenvalue weighted by Crippen LogP contribution is 2.33. The molecule has 0 radical (unpaired) electrons. The van der Waals surface area contributed by atoms with Crippen LogP contribution in [0.1, 0.15) is 31.2 Å². The summed E-state index contributed by atoms with van der Waals surface area (Å²) in [6.07, 6.45) is 7.77. The SMILES string of the molecule is C#CCN(CCC)CCC1CNc2ccccc21. The van der Waals surface area contributed by atoms with Crippen LogP contribution in [0.15, 0.2) is 24.3 Å². The molecule has 0 amide bonds. The molecule has 1 aromatic carbocycles. The molecule has 2 heteroatoms. The van der Waals surface area contributed by atoms with Crippen LogP contribution in [0, 0.1) is 12.3 Å². The molecule has 18 heavy (non-hydrogen) atoms. The molecule has 1 aromatic rings. The van der Waals surface area contributed by atoms with Gasteiger partial charge >= 0.3 is 0 Å². The van der Waals surface area contributed by atoms with Crippen LogP contribution in [0.2, 0.25) is 0 Å². The number of anilines is 1. The first-order chi connectivity index (χ1) is 8.85. The quantitative estimate of drug-likeness (QED) is 0.772. The summed E-state index contributed by atoms with van der Waals surface area (Å²) in [4.78, 5) is 2.38. The van der Waals surface area contributed by atoms with Crippen LogP contribution in [0.25, 0.3) is 0 Å². The zero-order valence-electron chi connectivity index (χ0n) is 11.2. The second-order valence-corrected chi connectivity index (χ2v) is 4.93. The van der Waals surface area contributed by atoms with Gasteiger partial charge in [0, 0.05) is 18.2 Å². The van der Waals surface area contributed by atoms with Gasteiger partial charge in [-0.15, -0.1) is 6.42 Å². The fourth-order valence-corrected chi connectivity index (χ4v) is 2.67. The number of terminal acetylenes is 1. The lowest BCUT2D eigenvalue weighted by Gasteiger charge is -2.21. The van der Waals surface area contributed by atoms with E-state index in [-0.39, 0.29) is 0 Å². The summed E-state index contributed by atoms with van der Waals surface area (Å²) in [5.41, 5.74) is 2.77. The molecule has 1 heterocycles. The molecule has 1 aliphatic rings. The smallest absolute Gasteiger partial charge is 0.0598 e. The Morgan fingerprint density at radius 1 is 1.39 bits per heavy atom. The van der Waals surface area contributed by atoms with Crippen LogP contribution in [0.3, 0.4) is 0 Å². The van der Waals surface area contributed by atoms with Crippen molar-refractivity contribution in [1.82, 2.24) is 4.90 Å². The number of rotatable bonds is 6. The fourth-order valence-electron chi connectivity index (χ4n) is 2.67. The van der Waals surface area contributed by atoms with Gasteiger partial charge in [0.1, 0.15) is 0 Å². The summed E-state index contributed by atoms with van der Waals surface area (Å²) in [6, 6.07) is 8.63. The van der Waals surface area contributed by atoms with Crippen molar-refractivity contribution in [2.45, 2.75) is 25.7 Å². The molecule has 1 aliphatic heterocycles. The molecule has 0 saturated heterocycles. The Bertz CT molecular complexity index is 419. The van der Waals surface area contributed by atoms with Crippen LogP contribution in [0.4, 0.5) is 5.69 Å². The first-order valence-corrected chi connectivity index (χ1v) is 6.83. The normalized spacial score (nSPS) is 17.3. The van der Waals surface area contributed by atoms with Crippen molar-refractivity contribution in [3.63, 3.8) is 0 Å². The number of para-hydroxylation sites is 1. The monoisotopic (exact) mass is 242 g/mol. The van der Waals surface area contributed by atoms with Gasteiger partial charge in [0.25, 0.3) is 0 Å². The van der Waals surface area contributed by atoms with E-state index in [0.29, 0.717) is 5.92 Å². The van der Waals surface area contributed by atoms with Crippen LogP contribution < -0.4 is 5.32 Å². The van der Waals surface area contributed by atoms with Gasteiger partial charge in [-0.3, -0.25) is 4.90 Å². The van der Waals surface area contributed by atoms with Crippen LogP contribution in [-0.4, -0.2) is 31.1 Å². The number of hydrogen-bond acceptors (Lipinski definition) is 2. The minimum atomic E-state index is 0.637. The van der Waals surface area contributed by atoms with Crippen molar-refractivity contribution in [3.05, 3.63) is 29.8 Å². The number of hydrogen-bond donors (Lipinski definition) is 1. The van der Waals surface area contributed by atoms with Gasteiger partial charge in [-0.2, -0.15) is 0 Å². The molecule has 0 bridgehead atoms. The zero-order chi connectivity index (χ0) is 12.8. The van der Waals surface area contributed by atoms with E-state index in [1.54, 1.807) is 0 Å². The maximum Gasteiger partial charge on any atom is 0.0598 e. The van der Waals surface area contributed by atoms with Gasteiger partial charge in [-0.05, 0) is 37.6 Å². The number of nitrogens with one attached hydrogen (secondary N) is 1. The highest BCUT2D eigenvalue weighted by molar-refractivity contribution is 5.57. The van der Waals surface area contributed by atoms with Gasteiger partial charge in [0.15, 0.2) is 0 Å². The Balaban J connectivity index is 1.89. The summed E-state index contributed by atoms with van der Waals surface area (Å²) >= 11 is 0. The zero-order valence-corrected chi connectivity index (χ0v) is 11.2. The molecule has 1 unspecified atom stereocenters.